The van der Waals surface area contributed by atoms with Crippen LogP contribution in [0.15, 0.2) is 66.9 Å². The minimum atomic E-state index is -0.923. The lowest BCUT2D eigenvalue weighted by Crippen LogP contribution is -2.28. The molecule has 1 N–H and O–H groups in total. The number of pyridine rings is 1. The Balaban J connectivity index is 1.81. The number of rotatable bonds is 6. The molecule has 4 rings (SSSR count). The van der Waals surface area contributed by atoms with E-state index in [0.717, 1.165) is 32.8 Å². The van der Waals surface area contributed by atoms with Crippen LogP contribution < -0.4 is 9.64 Å². The number of aromatic nitrogens is 1. The number of thiophene rings is 1. The van der Waals surface area contributed by atoms with Crippen LogP contribution in [0, 0.1) is 6.92 Å². The van der Waals surface area contributed by atoms with Crippen molar-refractivity contribution in [1.82, 2.24) is 4.98 Å². The monoisotopic (exact) mass is 424 g/mol. The Labute approximate surface area is 179 Å². The second kappa shape index (κ2) is 8.41. The molecule has 29 heavy (non-hydrogen) atoms. The Bertz CT molecular complexity index is 1130. The normalized spacial score (nSPS) is 12.1. The average Bonchev–Trinajstić information content (AvgIpc) is 3.10. The van der Waals surface area contributed by atoms with E-state index in [2.05, 4.69) is 4.98 Å². The second-order valence-corrected chi connectivity index (χ2v) is 8.21. The number of benzene rings is 2. The Hall–Kier alpha value is -2.60. The predicted octanol–water partition coefficient (Wildman–Crippen LogP) is 5.96. The van der Waals surface area contributed by atoms with Gasteiger partial charge in [0.25, 0.3) is 0 Å². The highest BCUT2D eigenvalue weighted by molar-refractivity contribution is 7.19. The number of nitrogens with zero attached hydrogens (tertiary/aromatic N) is 2. The summed E-state index contributed by atoms with van der Waals surface area (Å²) in [7, 11) is 1.64. The molecule has 2 heterocycles. The van der Waals surface area contributed by atoms with E-state index < -0.39 is 6.23 Å². The van der Waals surface area contributed by atoms with Crippen LogP contribution in [-0.4, -0.2) is 17.2 Å². The standard InChI is InChI=1S/C23H21ClN2O2S/c1-15-10-11-17(28-2)13-19(15)26(14-16-7-5-6-12-25-16)23(27)22-21(24)18-8-3-4-9-20(18)29-22/h3-13,23,27H,14H2,1-2H3. The highest BCUT2D eigenvalue weighted by Crippen LogP contribution is 2.42. The van der Waals surface area contributed by atoms with Crippen molar-refractivity contribution >= 4 is 38.7 Å². The van der Waals surface area contributed by atoms with Gasteiger partial charge in [-0.3, -0.25) is 4.98 Å². The van der Waals surface area contributed by atoms with E-state index in [1.165, 1.54) is 11.3 Å². The number of ether oxygens (including phenoxy) is 1. The molecule has 4 aromatic rings. The van der Waals surface area contributed by atoms with Crippen LogP contribution in [0.2, 0.25) is 5.02 Å². The number of aryl methyl sites for hydroxylation is 1. The lowest BCUT2D eigenvalue weighted by molar-refractivity contribution is 0.173. The lowest BCUT2D eigenvalue weighted by Gasteiger charge is -2.31. The second-order valence-electron chi connectivity index (χ2n) is 6.75. The van der Waals surface area contributed by atoms with Crippen molar-refractivity contribution in [2.75, 3.05) is 12.0 Å². The number of halogens is 1. The van der Waals surface area contributed by atoms with E-state index in [-0.39, 0.29) is 0 Å². The third kappa shape index (κ3) is 3.94. The molecule has 1 unspecified atom stereocenters. The molecule has 1 atom stereocenters. The van der Waals surface area contributed by atoms with Gasteiger partial charge in [-0.25, -0.2) is 0 Å². The first-order valence-electron chi connectivity index (χ1n) is 9.24. The molecule has 0 aliphatic carbocycles. The molecule has 0 spiro atoms. The first-order chi connectivity index (χ1) is 14.1. The lowest BCUT2D eigenvalue weighted by atomic mass is 10.1. The van der Waals surface area contributed by atoms with Gasteiger partial charge in [0.2, 0.25) is 0 Å². The van der Waals surface area contributed by atoms with E-state index in [0.29, 0.717) is 16.4 Å². The molecule has 0 saturated heterocycles. The molecular formula is C23H21ClN2O2S. The van der Waals surface area contributed by atoms with E-state index in [9.17, 15) is 5.11 Å². The molecule has 0 saturated carbocycles. The highest BCUT2D eigenvalue weighted by Gasteiger charge is 2.26. The van der Waals surface area contributed by atoms with Gasteiger partial charge in [-0.05, 0) is 36.8 Å². The molecule has 0 fully saturated rings. The topological polar surface area (TPSA) is 45.6 Å². The first kappa shape index (κ1) is 19.7. The maximum Gasteiger partial charge on any atom is 0.164 e. The van der Waals surface area contributed by atoms with Gasteiger partial charge in [0.15, 0.2) is 6.23 Å². The number of aliphatic hydroxyl groups excluding tert-OH is 1. The average molecular weight is 425 g/mol. The molecule has 0 amide bonds. The van der Waals surface area contributed by atoms with Crippen LogP contribution in [-0.2, 0) is 6.54 Å². The maximum atomic E-state index is 11.4. The van der Waals surface area contributed by atoms with Crippen molar-refractivity contribution < 1.29 is 9.84 Å². The molecule has 2 aromatic heterocycles. The zero-order valence-corrected chi connectivity index (χ0v) is 17.7. The zero-order chi connectivity index (χ0) is 20.4. The molecule has 0 bridgehead atoms. The number of hydrogen-bond acceptors (Lipinski definition) is 5. The quantitative estimate of drug-likeness (QED) is 0.387. The van der Waals surface area contributed by atoms with Crippen molar-refractivity contribution in [2.45, 2.75) is 19.7 Å². The summed E-state index contributed by atoms with van der Waals surface area (Å²) in [5.74, 6) is 0.728. The summed E-state index contributed by atoms with van der Waals surface area (Å²) in [6.07, 6.45) is 0.831. The molecule has 2 aromatic carbocycles. The fraction of sp³-hybridized carbons (Fsp3) is 0.174. The van der Waals surface area contributed by atoms with Gasteiger partial charge in [0.05, 0.1) is 29.2 Å². The minimum Gasteiger partial charge on any atom is -0.497 e. The van der Waals surface area contributed by atoms with Crippen molar-refractivity contribution in [3.05, 3.63) is 88.0 Å². The number of anilines is 1. The highest BCUT2D eigenvalue weighted by atomic mass is 35.5. The van der Waals surface area contributed by atoms with E-state index in [1.807, 2.05) is 72.5 Å². The summed E-state index contributed by atoms with van der Waals surface area (Å²) in [6.45, 7) is 2.44. The molecule has 0 aliphatic heterocycles. The Morgan fingerprint density at radius 1 is 1.14 bits per heavy atom. The van der Waals surface area contributed by atoms with Crippen LogP contribution in [0.4, 0.5) is 5.69 Å². The fourth-order valence-corrected chi connectivity index (χ4v) is 4.87. The van der Waals surface area contributed by atoms with Crippen LogP contribution in [0.3, 0.4) is 0 Å². The van der Waals surface area contributed by atoms with Gasteiger partial charge in [-0.2, -0.15) is 0 Å². The number of fused-ring (bicyclic) bond motifs is 1. The molecule has 4 nitrogen and oxygen atoms in total. The summed E-state index contributed by atoms with van der Waals surface area (Å²) < 4.78 is 6.47. The molecule has 6 heteroatoms. The van der Waals surface area contributed by atoms with Crippen LogP contribution >= 0.6 is 22.9 Å². The summed E-state index contributed by atoms with van der Waals surface area (Å²) >= 11 is 8.17. The predicted molar refractivity (Wildman–Crippen MR) is 120 cm³/mol. The van der Waals surface area contributed by atoms with Crippen molar-refractivity contribution in [3.63, 3.8) is 0 Å². The summed E-state index contributed by atoms with van der Waals surface area (Å²) in [4.78, 5) is 7.07. The van der Waals surface area contributed by atoms with Crippen molar-refractivity contribution in [3.8, 4) is 5.75 Å². The third-order valence-corrected chi connectivity index (χ3v) is 6.60. The maximum absolute atomic E-state index is 11.4. The molecule has 0 radical (unpaired) electrons. The SMILES string of the molecule is COc1ccc(C)c(N(Cc2ccccn2)C(O)c2sc3ccccc3c2Cl)c1. The Kier molecular flexibility index (Phi) is 5.72. The van der Waals surface area contributed by atoms with Crippen LogP contribution in [0.25, 0.3) is 10.1 Å². The molecule has 148 valence electrons. The van der Waals surface area contributed by atoms with Gasteiger partial charge in [-0.15, -0.1) is 11.3 Å². The smallest absolute Gasteiger partial charge is 0.164 e. The Morgan fingerprint density at radius 3 is 2.66 bits per heavy atom. The van der Waals surface area contributed by atoms with Crippen molar-refractivity contribution in [2.24, 2.45) is 0 Å². The van der Waals surface area contributed by atoms with Gasteiger partial charge < -0.3 is 14.7 Å². The summed E-state index contributed by atoms with van der Waals surface area (Å²) in [5, 5.41) is 13.0. The molecule has 0 aliphatic rings. The van der Waals surface area contributed by atoms with Gasteiger partial charge in [0, 0.05) is 28.0 Å². The van der Waals surface area contributed by atoms with Gasteiger partial charge in [-0.1, -0.05) is 41.9 Å². The number of methoxy groups -OCH3 is 1. The van der Waals surface area contributed by atoms with Crippen molar-refractivity contribution in [1.29, 1.82) is 0 Å². The molecular weight excluding hydrogens is 404 g/mol. The van der Waals surface area contributed by atoms with Crippen LogP contribution in [0.1, 0.15) is 22.4 Å². The first-order valence-corrected chi connectivity index (χ1v) is 10.4. The Morgan fingerprint density at radius 2 is 1.93 bits per heavy atom. The fourth-order valence-electron chi connectivity index (χ4n) is 3.34. The zero-order valence-electron chi connectivity index (χ0n) is 16.2. The van der Waals surface area contributed by atoms with E-state index in [4.69, 9.17) is 16.3 Å². The van der Waals surface area contributed by atoms with E-state index in [1.54, 1.807) is 13.3 Å². The minimum absolute atomic E-state index is 0.431. The van der Waals surface area contributed by atoms with Gasteiger partial charge >= 0.3 is 0 Å². The number of hydrogen-bond donors (Lipinski definition) is 1. The summed E-state index contributed by atoms with van der Waals surface area (Å²) in [6, 6.07) is 19.5. The summed E-state index contributed by atoms with van der Waals surface area (Å²) in [5.41, 5.74) is 2.75. The van der Waals surface area contributed by atoms with E-state index >= 15 is 0 Å². The van der Waals surface area contributed by atoms with Gasteiger partial charge in [0.1, 0.15) is 5.75 Å². The van der Waals surface area contributed by atoms with Crippen LogP contribution in [0.5, 0.6) is 5.75 Å². The third-order valence-electron chi connectivity index (χ3n) is 4.87. The number of aliphatic hydroxyl groups is 1. The largest absolute Gasteiger partial charge is 0.497 e.